The second-order valence-electron chi connectivity index (χ2n) is 8.37. The van der Waals surface area contributed by atoms with E-state index in [0.29, 0.717) is 11.4 Å². The lowest BCUT2D eigenvalue weighted by atomic mass is 10.1. The number of amides is 1. The SMILES string of the molecule is Cc1ccc(C)c(NS(=O)(=O)c2cc(C(=O)Nc3ccc(S(=O)(=O)Nc4ccccn4)cc3)ccc2Cl)c1. The Morgan fingerprint density at radius 3 is 2.24 bits per heavy atom. The molecular weight excluding hydrogens is 548 g/mol. The van der Waals surface area contributed by atoms with Crippen LogP contribution in [0, 0.1) is 13.8 Å². The van der Waals surface area contributed by atoms with Crippen LogP contribution in [0.15, 0.2) is 94.9 Å². The number of pyridine rings is 1. The molecule has 0 saturated carbocycles. The van der Waals surface area contributed by atoms with E-state index in [2.05, 4.69) is 19.7 Å². The van der Waals surface area contributed by atoms with Crippen molar-refractivity contribution >= 4 is 54.7 Å². The number of sulfonamides is 2. The molecule has 4 rings (SSSR count). The van der Waals surface area contributed by atoms with E-state index in [-0.39, 0.29) is 26.2 Å². The Balaban J connectivity index is 1.51. The lowest BCUT2D eigenvalue weighted by Gasteiger charge is -2.13. The van der Waals surface area contributed by atoms with Gasteiger partial charge in [0.1, 0.15) is 10.7 Å². The van der Waals surface area contributed by atoms with Crippen molar-refractivity contribution in [3.8, 4) is 0 Å². The number of nitrogens with zero attached hydrogens (tertiary/aromatic N) is 1. The van der Waals surface area contributed by atoms with Crippen molar-refractivity contribution in [2.24, 2.45) is 0 Å². The molecule has 0 aliphatic heterocycles. The number of nitrogens with one attached hydrogen (secondary N) is 3. The molecule has 4 aromatic rings. The van der Waals surface area contributed by atoms with E-state index in [4.69, 9.17) is 11.6 Å². The number of rotatable bonds is 8. The van der Waals surface area contributed by atoms with Crippen LogP contribution in [0.2, 0.25) is 5.02 Å². The molecule has 0 aliphatic rings. The van der Waals surface area contributed by atoms with E-state index in [9.17, 15) is 21.6 Å². The van der Waals surface area contributed by atoms with E-state index in [0.717, 1.165) is 11.1 Å². The molecule has 0 radical (unpaired) electrons. The van der Waals surface area contributed by atoms with Gasteiger partial charge >= 0.3 is 0 Å². The monoisotopic (exact) mass is 570 g/mol. The highest BCUT2D eigenvalue weighted by molar-refractivity contribution is 7.93. The van der Waals surface area contributed by atoms with Crippen LogP contribution >= 0.6 is 11.6 Å². The molecule has 1 heterocycles. The molecular formula is C26H23ClN4O5S2. The van der Waals surface area contributed by atoms with Crippen molar-refractivity contribution in [1.29, 1.82) is 0 Å². The third-order valence-electron chi connectivity index (χ3n) is 5.45. The smallest absolute Gasteiger partial charge is 0.263 e. The number of benzene rings is 3. The molecule has 3 aromatic carbocycles. The predicted octanol–water partition coefficient (Wildman–Crippen LogP) is 5.21. The number of carbonyl (C=O) groups is 1. The summed E-state index contributed by atoms with van der Waals surface area (Å²) < 4.78 is 56.2. The van der Waals surface area contributed by atoms with Crippen molar-refractivity contribution in [1.82, 2.24) is 4.98 Å². The van der Waals surface area contributed by atoms with Gasteiger partial charge in [0, 0.05) is 17.4 Å². The van der Waals surface area contributed by atoms with Gasteiger partial charge in [-0.25, -0.2) is 21.8 Å². The Labute approximate surface area is 226 Å². The van der Waals surface area contributed by atoms with Gasteiger partial charge in [-0.15, -0.1) is 0 Å². The van der Waals surface area contributed by atoms with Gasteiger partial charge in [-0.1, -0.05) is 29.8 Å². The Morgan fingerprint density at radius 1 is 0.816 bits per heavy atom. The second kappa shape index (κ2) is 10.8. The molecule has 0 spiro atoms. The van der Waals surface area contributed by atoms with Crippen molar-refractivity contribution in [3.05, 3.63) is 107 Å². The average Bonchev–Trinajstić information content (AvgIpc) is 2.87. The maximum atomic E-state index is 13.1. The van der Waals surface area contributed by atoms with Gasteiger partial charge in [0.15, 0.2) is 0 Å². The van der Waals surface area contributed by atoms with Crippen molar-refractivity contribution in [2.45, 2.75) is 23.6 Å². The largest absolute Gasteiger partial charge is 0.322 e. The number of hydrogen-bond donors (Lipinski definition) is 3. The van der Waals surface area contributed by atoms with Crippen LogP contribution in [0.25, 0.3) is 0 Å². The van der Waals surface area contributed by atoms with Gasteiger partial charge in [-0.3, -0.25) is 14.2 Å². The molecule has 0 bridgehead atoms. The minimum atomic E-state index is -4.10. The normalized spacial score (nSPS) is 11.6. The topological polar surface area (TPSA) is 134 Å². The fourth-order valence-electron chi connectivity index (χ4n) is 3.44. The fourth-order valence-corrected chi connectivity index (χ4v) is 6.09. The Hall–Kier alpha value is -3.93. The number of hydrogen-bond acceptors (Lipinski definition) is 6. The highest BCUT2D eigenvalue weighted by atomic mass is 35.5. The van der Waals surface area contributed by atoms with Gasteiger partial charge in [-0.2, -0.15) is 0 Å². The lowest BCUT2D eigenvalue weighted by molar-refractivity contribution is 0.102. The highest BCUT2D eigenvalue weighted by Crippen LogP contribution is 2.27. The summed E-state index contributed by atoms with van der Waals surface area (Å²) in [6.45, 7) is 3.61. The molecule has 3 N–H and O–H groups in total. The lowest BCUT2D eigenvalue weighted by Crippen LogP contribution is -2.17. The summed E-state index contributed by atoms with van der Waals surface area (Å²) in [4.78, 5) is 16.5. The number of halogens is 1. The van der Waals surface area contributed by atoms with Crippen LogP contribution < -0.4 is 14.8 Å². The number of anilines is 3. The van der Waals surface area contributed by atoms with E-state index in [1.165, 1.54) is 54.7 Å². The summed E-state index contributed by atoms with van der Waals surface area (Å²) >= 11 is 6.18. The molecule has 1 amide bonds. The third-order valence-corrected chi connectivity index (χ3v) is 8.66. The van der Waals surface area contributed by atoms with Crippen molar-refractivity contribution < 1.29 is 21.6 Å². The quantitative estimate of drug-likeness (QED) is 0.266. The zero-order chi connectivity index (χ0) is 27.5. The van der Waals surface area contributed by atoms with Crippen LogP contribution in [0.5, 0.6) is 0 Å². The molecule has 0 atom stereocenters. The van der Waals surface area contributed by atoms with Crippen LogP contribution in [0.1, 0.15) is 21.5 Å². The summed E-state index contributed by atoms with van der Waals surface area (Å²) in [5.74, 6) is -0.433. The van der Waals surface area contributed by atoms with Crippen LogP contribution in [-0.2, 0) is 20.0 Å². The Kier molecular flexibility index (Phi) is 7.72. The summed E-state index contributed by atoms with van der Waals surface area (Å²) in [7, 11) is -7.98. The summed E-state index contributed by atoms with van der Waals surface area (Å²) in [6, 6.07) is 19.6. The number of aromatic nitrogens is 1. The number of carbonyl (C=O) groups excluding carboxylic acids is 1. The molecule has 0 unspecified atom stereocenters. The summed E-state index contributed by atoms with van der Waals surface area (Å²) in [5.41, 5.74) is 2.36. The molecule has 0 fully saturated rings. The minimum Gasteiger partial charge on any atom is -0.322 e. The molecule has 38 heavy (non-hydrogen) atoms. The molecule has 12 heteroatoms. The first-order chi connectivity index (χ1) is 17.9. The Morgan fingerprint density at radius 2 is 1.55 bits per heavy atom. The zero-order valence-corrected chi connectivity index (χ0v) is 22.7. The number of aryl methyl sites for hydroxylation is 2. The maximum absolute atomic E-state index is 13.1. The van der Waals surface area contributed by atoms with Crippen molar-refractivity contribution in [3.63, 3.8) is 0 Å². The van der Waals surface area contributed by atoms with E-state index < -0.39 is 26.0 Å². The second-order valence-corrected chi connectivity index (χ2v) is 12.1. The van der Waals surface area contributed by atoms with Gasteiger partial charge < -0.3 is 5.32 Å². The van der Waals surface area contributed by atoms with Crippen LogP contribution in [-0.4, -0.2) is 27.7 Å². The van der Waals surface area contributed by atoms with E-state index in [1.807, 2.05) is 13.0 Å². The van der Waals surface area contributed by atoms with Gasteiger partial charge in [0.2, 0.25) is 0 Å². The third kappa shape index (κ3) is 6.31. The first-order valence-electron chi connectivity index (χ1n) is 11.2. The molecule has 196 valence electrons. The minimum absolute atomic E-state index is 0.0291. The first kappa shape index (κ1) is 27.1. The highest BCUT2D eigenvalue weighted by Gasteiger charge is 2.22. The Bertz CT molecular complexity index is 1710. The van der Waals surface area contributed by atoms with Crippen LogP contribution in [0.4, 0.5) is 17.2 Å². The fraction of sp³-hybridized carbons (Fsp3) is 0.0769. The van der Waals surface area contributed by atoms with E-state index >= 15 is 0 Å². The summed E-state index contributed by atoms with van der Waals surface area (Å²) in [6.07, 6.45) is 1.46. The standard InChI is InChI=1S/C26H23ClN4O5S2/c1-17-6-7-18(2)23(15-17)30-38(35,36)24-16-19(8-13-22(24)27)26(32)29-20-9-11-21(12-10-20)37(33,34)31-25-5-3-4-14-28-25/h3-16,30H,1-2H3,(H,28,31)(H,29,32). The zero-order valence-electron chi connectivity index (χ0n) is 20.3. The van der Waals surface area contributed by atoms with Gasteiger partial charge in [0.25, 0.3) is 26.0 Å². The van der Waals surface area contributed by atoms with Gasteiger partial charge in [0.05, 0.1) is 15.6 Å². The maximum Gasteiger partial charge on any atom is 0.263 e. The predicted molar refractivity (Wildman–Crippen MR) is 148 cm³/mol. The first-order valence-corrected chi connectivity index (χ1v) is 14.5. The summed E-state index contributed by atoms with van der Waals surface area (Å²) in [5, 5.41) is 2.58. The molecule has 1 aromatic heterocycles. The van der Waals surface area contributed by atoms with Crippen molar-refractivity contribution in [2.75, 3.05) is 14.8 Å². The molecule has 9 nitrogen and oxygen atoms in total. The van der Waals surface area contributed by atoms with Crippen LogP contribution in [0.3, 0.4) is 0 Å². The van der Waals surface area contributed by atoms with Gasteiger partial charge in [-0.05, 0) is 85.6 Å². The molecule has 0 aliphatic carbocycles. The average molecular weight is 571 g/mol. The van der Waals surface area contributed by atoms with E-state index in [1.54, 1.807) is 31.2 Å². The molecule has 0 saturated heterocycles.